The van der Waals surface area contributed by atoms with E-state index in [2.05, 4.69) is 12.1 Å². The third-order valence-electron chi connectivity index (χ3n) is 5.22. The fourth-order valence-corrected chi connectivity index (χ4v) is 3.54. The molecule has 1 aliphatic heterocycles. The third kappa shape index (κ3) is 4.50. The Balaban J connectivity index is 1.73. The van der Waals surface area contributed by atoms with Crippen molar-refractivity contribution in [2.24, 2.45) is 0 Å². The van der Waals surface area contributed by atoms with Crippen LogP contribution in [-0.4, -0.2) is 41.3 Å². The quantitative estimate of drug-likeness (QED) is 0.640. The van der Waals surface area contributed by atoms with E-state index >= 15 is 0 Å². The molecule has 158 valence electrons. The number of hydrogen-bond acceptors (Lipinski definition) is 5. The number of aliphatic hydroxyl groups is 1. The van der Waals surface area contributed by atoms with Crippen LogP contribution in [0.25, 0.3) is 11.3 Å². The molecule has 1 aliphatic rings. The number of nitrogens with zero attached hydrogens (tertiary/aromatic N) is 2. The molecule has 6 heteroatoms. The first-order chi connectivity index (χ1) is 14.4. The summed E-state index contributed by atoms with van der Waals surface area (Å²) in [5.41, 5.74) is 2.58. The van der Waals surface area contributed by atoms with Crippen LogP contribution in [0.15, 0.2) is 54.6 Å². The van der Waals surface area contributed by atoms with E-state index in [0.29, 0.717) is 37.0 Å². The Morgan fingerprint density at radius 3 is 2.60 bits per heavy atom. The Kier molecular flexibility index (Phi) is 5.79. The first-order valence-electron chi connectivity index (χ1n) is 10.2. The van der Waals surface area contributed by atoms with Gasteiger partial charge >= 0.3 is 0 Å². The lowest BCUT2D eigenvalue weighted by atomic mass is 10.0. The van der Waals surface area contributed by atoms with E-state index in [1.807, 2.05) is 47.1 Å². The van der Waals surface area contributed by atoms with Crippen molar-refractivity contribution in [1.82, 2.24) is 9.78 Å². The van der Waals surface area contributed by atoms with Crippen molar-refractivity contribution >= 4 is 0 Å². The van der Waals surface area contributed by atoms with Crippen molar-refractivity contribution in [3.05, 3.63) is 65.9 Å². The molecule has 0 bridgehead atoms. The Labute approximate surface area is 177 Å². The minimum Gasteiger partial charge on any atom is -0.493 e. The molecule has 1 fully saturated rings. The maximum Gasteiger partial charge on any atom is 0.162 e. The first-order valence-corrected chi connectivity index (χ1v) is 10.2. The summed E-state index contributed by atoms with van der Waals surface area (Å²) < 4.78 is 19.0. The van der Waals surface area contributed by atoms with Crippen LogP contribution in [0.2, 0.25) is 0 Å². The largest absolute Gasteiger partial charge is 0.493 e. The SMILES string of the molecule is COc1ccc(-c2cc(C(C)(C)O)nn2Cc2ccccc2)cc1O[C@@H]1CCOC1. The third-order valence-corrected chi connectivity index (χ3v) is 5.22. The summed E-state index contributed by atoms with van der Waals surface area (Å²) in [5.74, 6) is 1.37. The molecule has 6 nitrogen and oxygen atoms in total. The topological polar surface area (TPSA) is 65.7 Å². The number of methoxy groups -OCH3 is 1. The second kappa shape index (κ2) is 8.50. The number of aromatic nitrogens is 2. The van der Waals surface area contributed by atoms with Gasteiger partial charge in [-0.2, -0.15) is 5.10 Å². The summed E-state index contributed by atoms with van der Waals surface area (Å²) in [7, 11) is 1.64. The molecular weight excluding hydrogens is 380 g/mol. The van der Waals surface area contributed by atoms with Gasteiger partial charge in [-0.3, -0.25) is 4.68 Å². The van der Waals surface area contributed by atoms with Crippen LogP contribution in [0.4, 0.5) is 0 Å². The molecule has 0 spiro atoms. The first kappa shape index (κ1) is 20.4. The number of rotatable bonds is 7. The fraction of sp³-hybridized carbons (Fsp3) is 0.375. The van der Waals surface area contributed by atoms with E-state index in [0.717, 1.165) is 23.2 Å². The summed E-state index contributed by atoms with van der Waals surface area (Å²) >= 11 is 0. The zero-order chi connectivity index (χ0) is 21.1. The van der Waals surface area contributed by atoms with Crippen LogP contribution < -0.4 is 9.47 Å². The highest BCUT2D eigenvalue weighted by Gasteiger charge is 2.24. The summed E-state index contributed by atoms with van der Waals surface area (Å²) in [6, 6.07) is 18.0. The molecule has 2 aromatic carbocycles. The highest BCUT2D eigenvalue weighted by atomic mass is 16.6. The van der Waals surface area contributed by atoms with Crippen LogP contribution in [0.5, 0.6) is 11.5 Å². The van der Waals surface area contributed by atoms with Crippen LogP contribution >= 0.6 is 0 Å². The van der Waals surface area contributed by atoms with E-state index in [-0.39, 0.29) is 6.10 Å². The molecule has 1 saturated heterocycles. The van der Waals surface area contributed by atoms with Crippen LogP contribution in [0, 0.1) is 0 Å². The standard InChI is InChI=1S/C24H28N2O4/c1-24(2,27)23-14-20(26(25-23)15-17-7-5-4-6-8-17)18-9-10-21(28-3)22(13-18)30-19-11-12-29-16-19/h4-10,13-14,19,27H,11-12,15-16H2,1-3H3/t19-/m1/s1. The average molecular weight is 408 g/mol. The van der Waals surface area contributed by atoms with Crippen molar-refractivity contribution in [2.75, 3.05) is 20.3 Å². The Morgan fingerprint density at radius 1 is 1.13 bits per heavy atom. The highest BCUT2D eigenvalue weighted by molar-refractivity contribution is 5.65. The van der Waals surface area contributed by atoms with Gasteiger partial charge in [0.25, 0.3) is 0 Å². The molecule has 1 aromatic heterocycles. The van der Waals surface area contributed by atoms with E-state index < -0.39 is 5.60 Å². The smallest absolute Gasteiger partial charge is 0.162 e. The molecule has 0 radical (unpaired) electrons. The van der Waals surface area contributed by atoms with Gasteiger partial charge in [0.15, 0.2) is 11.5 Å². The predicted octanol–water partition coefficient (Wildman–Crippen LogP) is 4.00. The Bertz CT molecular complexity index is 986. The summed E-state index contributed by atoms with van der Waals surface area (Å²) in [6.45, 7) is 5.39. The molecule has 1 N–H and O–H groups in total. The van der Waals surface area contributed by atoms with Gasteiger partial charge in [0.2, 0.25) is 0 Å². The van der Waals surface area contributed by atoms with E-state index in [9.17, 15) is 5.11 Å². The van der Waals surface area contributed by atoms with Crippen molar-refractivity contribution in [1.29, 1.82) is 0 Å². The molecule has 30 heavy (non-hydrogen) atoms. The second-order valence-electron chi connectivity index (χ2n) is 8.09. The number of hydrogen-bond donors (Lipinski definition) is 1. The normalized spacial score (nSPS) is 16.6. The Hall–Kier alpha value is -2.83. The molecule has 0 unspecified atom stereocenters. The monoisotopic (exact) mass is 408 g/mol. The van der Waals surface area contributed by atoms with E-state index in [4.69, 9.17) is 19.3 Å². The molecule has 0 aliphatic carbocycles. The highest BCUT2D eigenvalue weighted by Crippen LogP contribution is 2.35. The lowest BCUT2D eigenvalue weighted by molar-refractivity contribution is 0.0731. The zero-order valence-electron chi connectivity index (χ0n) is 17.7. The summed E-state index contributed by atoms with van der Waals surface area (Å²) in [5, 5.41) is 15.2. The van der Waals surface area contributed by atoms with Crippen LogP contribution in [0.1, 0.15) is 31.5 Å². The molecule has 0 amide bonds. The van der Waals surface area contributed by atoms with Gasteiger partial charge in [0, 0.05) is 12.0 Å². The Morgan fingerprint density at radius 2 is 1.93 bits per heavy atom. The molecule has 0 saturated carbocycles. The molecule has 4 rings (SSSR count). The van der Waals surface area contributed by atoms with Gasteiger partial charge in [-0.05, 0) is 43.7 Å². The van der Waals surface area contributed by atoms with Crippen molar-refractivity contribution in [3.63, 3.8) is 0 Å². The minimum absolute atomic E-state index is 0.0234. The van der Waals surface area contributed by atoms with E-state index in [1.54, 1.807) is 21.0 Å². The maximum absolute atomic E-state index is 10.5. The van der Waals surface area contributed by atoms with E-state index in [1.165, 1.54) is 0 Å². The fourth-order valence-electron chi connectivity index (χ4n) is 3.54. The average Bonchev–Trinajstić information content (AvgIpc) is 3.38. The van der Waals surface area contributed by atoms with Crippen LogP contribution in [-0.2, 0) is 16.9 Å². The lowest BCUT2D eigenvalue weighted by Crippen LogP contribution is -2.17. The molecule has 3 aromatic rings. The predicted molar refractivity (Wildman–Crippen MR) is 115 cm³/mol. The lowest BCUT2D eigenvalue weighted by Gasteiger charge is -2.16. The van der Waals surface area contributed by atoms with Gasteiger partial charge in [-0.1, -0.05) is 30.3 Å². The van der Waals surface area contributed by atoms with Crippen LogP contribution in [0.3, 0.4) is 0 Å². The molecule has 1 atom stereocenters. The maximum atomic E-state index is 10.5. The van der Waals surface area contributed by atoms with Crippen molar-refractivity contribution in [3.8, 4) is 22.8 Å². The molecular formula is C24H28N2O4. The van der Waals surface area contributed by atoms with Crippen molar-refractivity contribution in [2.45, 2.75) is 38.5 Å². The van der Waals surface area contributed by atoms with Gasteiger partial charge in [0.05, 0.1) is 38.3 Å². The zero-order valence-corrected chi connectivity index (χ0v) is 17.7. The number of ether oxygens (including phenoxy) is 3. The summed E-state index contributed by atoms with van der Waals surface area (Å²) in [4.78, 5) is 0. The van der Waals surface area contributed by atoms with Crippen molar-refractivity contribution < 1.29 is 19.3 Å². The van der Waals surface area contributed by atoms with Gasteiger partial charge < -0.3 is 19.3 Å². The summed E-state index contributed by atoms with van der Waals surface area (Å²) in [6.07, 6.45) is 0.887. The van der Waals surface area contributed by atoms with Gasteiger partial charge in [-0.25, -0.2) is 0 Å². The minimum atomic E-state index is -1.04. The molecule has 2 heterocycles. The number of benzene rings is 2. The van der Waals surface area contributed by atoms with Gasteiger partial charge in [0.1, 0.15) is 11.7 Å². The second-order valence-corrected chi connectivity index (χ2v) is 8.09. The van der Waals surface area contributed by atoms with Gasteiger partial charge in [-0.15, -0.1) is 0 Å².